The number of nitrogens with zero attached hydrogens (tertiary/aromatic N) is 2. The summed E-state index contributed by atoms with van der Waals surface area (Å²) in [6.07, 6.45) is 4.34. The van der Waals surface area contributed by atoms with Crippen molar-refractivity contribution in [3.8, 4) is 0 Å². The van der Waals surface area contributed by atoms with Crippen molar-refractivity contribution in [3.05, 3.63) is 12.2 Å². The van der Waals surface area contributed by atoms with Gasteiger partial charge >= 0.3 is 11.9 Å². The van der Waals surface area contributed by atoms with E-state index in [-0.39, 0.29) is 75.9 Å². The van der Waals surface area contributed by atoms with Crippen LogP contribution >= 0.6 is 0 Å². The fourth-order valence-corrected chi connectivity index (χ4v) is 8.25. The molecule has 0 fully saturated rings. The Balaban J connectivity index is 3.89. The van der Waals surface area contributed by atoms with Crippen molar-refractivity contribution in [2.75, 3.05) is 13.1 Å². The fourth-order valence-electron chi connectivity index (χ4n) is 8.25. The molecular weight excluding hydrogens is 1000 g/mol. The van der Waals surface area contributed by atoms with Gasteiger partial charge in [0, 0.05) is 32.9 Å². The number of hydrogen-bond acceptors (Lipinski definition) is 13. The summed E-state index contributed by atoms with van der Waals surface area (Å²) in [5.74, 6) is -10.3. The Morgan fingerprint density at radius 2 is 1.30 bits per heavy atom. The molecule has 1 rings (SSSR count). The van der Waals surface area contributed by atoms with Crippen LogP contribution in [-0.2, 0) is 52.7 Å². The minimum Gasteiger partial charge on any atom is -0.481 e. The van der Waals surface area contributed by atoms with Crippen LogP contribution in [0.3, 0.4) is 0 Å². The average molecular weight is 1090 g/mol. The molecule has 0 bridgehead atoms. The summed E-state index contributed by atoms with van der Waals surface area (Å²) in [5, 5.41) is 40.4. The molecule has 18 N–H and O–H groups in total. The molecule has 0 spiro atoms. The number of guanidine groups is 2. The number of aldehydes is 1. The Kier molecular flexibility index (Phi) is 30.2. The first-order chi connectivity index (χ1) is 36.1. The second kappa shape index (κ2) is 34.3. The van der Waals surface area contributed by atoms with E-state index in [9.17, 15) is 63.0 Å². The summed E-state index contributed by atoms with van der Waals surface area (Å²) in [6, 6.07) is -8.12. The summed E-state index contributed by atoms with van der Waals surface area (Å²) in [6.45, 7) is 11.2. The first-order valence-corrected chi connectivity index (χ1v) is 26.2. The third-order valence-electron chi connectivity index (χ3n) is 12.8. The molecular formula is C50H86N14O13. The molecule has 1 aliphatic heterocycles. The van der Waals surface area contributed by atoms with Crippen LogP contribution in [0.4, 0.5) is 0 Å². The molecule has 1 heterocycles. The maximum Gasteiger partial charge on any atom is 0.303 e. The predicted octanol–water partition coefficient (Wildman–Crippen LogP) is -1.30. The SMILES string of the molecule is CC[C@H](C)[C@@H]1NC(=O)[C@H](CCCN=C(N)N)NC(=O)[C@H](CCC(=O)O)NC(=O)[C@@](C)(NC(C)=O)CCCC=CCCC[C@@](C)(C(=O)N[C@@H](CCC(=O)O)C(=O)N[C@@H](CC(C)C)C(=O)N[C@H](C=O)CCCN=C(N)N)NC1=O. The second-order valence-corrected chi connectivity index (χ2v) is 20.3. The third kappa shape index (κ3) is 26.3. The summed E-state index contributed by atoms with van der Waals surface area (Å²) in [4.78, 5) is 155. The monoisotopic (exact) mass is 1090 g/mol. The molecule has 27 heteroatoms. The molecule has 1 aliphatic rings. The number of hydrogen-bond donors (Lipinski definition) is 14. The average Bonchev–Trinajstić information content (AvgIpc) is 3.33. The molecule has 8 amide bonds. The number of carboxylic acids is 2. The number of amides is 8. The molecule has 9 atom stereocenters. The van der Waals surface area contributed by atoms with Gasteiger partial charge in [-0.1, -0.05) is 46.3 Å². The lowest BCUT2D eigenvalue weighted by Gasteiger charge is -2.35. The van der Waals surface area contributed by atoms with Gasteiger partial charge in [0.2, 0.25) is 47.3 Å². The molecule has 0 saturated heterocycles. The van der Waals surface area contributed by atoms with Gasteiger partial charge < -0.3 is 80.5 Å². The zero-order chi connectivity index (χ0) is 58.5. The zero-order valence-corrected chi connectivity index (χ0v) is 45.7. The van der Waals surface area contributed by atoms with Gasteiger partial charge in [-0.25, -0.2) is 0 Å². The number of carbonyl (C=O) groups is 11. The molecule has 0 saturated carbocycles. The van der Waals surface area contributed by atoms with E-state index in [0.717, 1.165) is 0 Å². The molecule has 0 aromatic heterocycles. The smallest absolute Gasteiger partial charge is 0.303 e. The van der Waals surface area contributed by atoms with Crippen molar-refractivity contribution in [2.24, 2.45) is 44.8 Å². The van der Waals surface area contributed by atoms with E-state index in [1.807, 2.05) is 12.2 Å². The molecule has 0 unspecified atom stereocenters. The highest BCUT2D eigenvalue weighted by molar-refractivity contribution is 5.99. The molecule has 0 aromatic carbocycles. The van der Waals surface area contributed by atoms with Crippen molar-refractivity contribution in [3.63, 3.8) is 0 Å². The minimum atomic E-state index is -1.86. The van der Waals surface area contributed by atoms with Crippen molar-refractivity contribution in [2.45, 2.75) is 199 Å². The standard InChI is InChI=1S/C50H86N14O13/c1-8-30(4)39-44(75)64-50(7,46(77)61-35(20-22-38(69)70)41(72)59-36(27-29(2)3)43(74)57-32(28-65)17-15-25-55-47(51)52)24-14-12-10-9-11-13-23-49(6,63-31(5)66)45(76)60-34(19-21-37(67)68)40(71)58-33(42(73)62-39)18-16-26-56-48(53)54/h9-10,28-30,32-36,39H,8,11-27H2,1-7H3,(H,57,74)(H,58,71)(H,59,72)(H,60,76)(H,61,77)(H,62,73)(H,63,66)(H,64,75)(H,67,68)(H,69,70)(H4,51,52,55)(H4,53,54,56)/t30-,32-,33-,34-,35-,36-,39-,49-,50-/m0/s1. The number of nitrogens with two attached hydrogens (primary N) is 4. The number of aliphatic carboxylic acids is 2. The number of allylic oxidation sites excluding steroid dienone is 2. The van der Waals surface area contributed by atoms with E-state index < -0.39 is 138 Å². The van der Waals surface area contributed by atoms with Gasteiger partial charge in [-0.2, -0.15) is 0 Å². The lowest BCUT2D eigenvalue weighted by atomic mass is 9.90. The largest absolute Gasteiger partial charge is 0.481 e. The van der Waals surface area contributed by atoms with Crippen LogP contribution in [0.2, 0.25) is 0 Å². The number of aliphatic imine (C=N–C) groups is 2. The molecule has 27 nitrogen and oxygen atoms in total. The van der Waals surface area contributed by atoms with E-state index in [4.69, 9.17) is 22.9 Å². The Hall–Kier alpha value is -7.35. The highest BCUT2D eigenvalue weighted by Crippen LogP contribution is 2.21. The van der Waals surface area contributed by atoms with Crippen LogP contribution in [0.15, 0.2) is 22.1 Å². The molecule has 0 aromatic rings. The first-order valence-electron chi connectivity index (χ1n) is 26.2. The summed E-state index contributed by atoms with van der Waals surface area (Å²) in [7, 11) is 0. The van der Waals surface area contributed by atoms with E-state index in [1.54, 1.807) is 27.7 Å². The molecule has 0 radical (unpaired) electrons. The van der Waals surface area contributed by atoms with Gasteiger partial charge in [0.25, 0.3) is 0 Å². The third-order valence-corrected chi connectivity index (χ3v) is 12.8. The van der Waals surface area contributed by atoms with Crippen molar-refractivity contribution in [1.29, 1.82) is 0 Å². The van der Waals surface area contributed by atoms with Crippen LogP contribution in [0.5, 0.6) is 0 Å². The highest BCUT2D eigenvalue weighted by atomic mass is 16.4. The van der Waals surface area contributed by atoms with Crippen molar-refractivity contribution in [1.82, 2.24) is 42.5 Å². The quantitative estimate of drug-likeness (QED) is 0.0157. The minimum absolute atomic E-state index is 0.00825. The van der Waals surface area contributed by atoms with Gasteiger partial charge in [-0.05, 0) is 109 Å². The molecule has 0 aliphatic carbocycles. The second-order valence-electron chi connectivity index (χ2n) is 20.3. The van der Waals surface area contributed by atoms with Gasteiger partial charge in [0.15, 0.2) is 11.9 Å². The number of nitrogens with one attached hydrogen (secondary N) is 8. The Bertz CT molecular complexity index is 2130. The Morgan fingerprint density at radius 3 is 1.84 bits per heavy atom. The van der Waals surface area contributed by atoms with Crippen molar-refractivity contribution < 1.29 is 63.0 Å². The summed E-state index contributed by atoms with van der Waals surface area (Å²) < 4.78 is 0. The lowest BCUT2D eigenvalue weighted by Crippen LogP contribution is -2.65. The Morgan fingerprint density at radius 1 is 0.740 bits per heavy atom. The van der Waals surface area contributed by atoms with E-state index in [1.165, 1.54) is 20.8 Å². The fraction of sp³-hybridized carbons (Fsp3) is 0.700. The van der Waals surface area contributed by atoms with Crippen LogP contribution < -0.4 is 65.5 Å². The summed E-state index contributed by atoms with van der Waals surface area (Å²) in [5.41, 5.74) is 18.3. The zero-order valence-electron chi connectivity index (χ0n) is 45.7. The maximum absolute atomic E-state index is 14.7. The topological polar surface area (TPSA) is 453 Å². The highest BCUT2D eigenvalue weighted by Gasteiger charge is 2.42. The molecule has 434 valence electrons. The molecule has 77 heavy (non-hydrogen) atoms. The lowest BCUT2D eigenvalue weighted by molar-refractivity contribution is -0.140. The van der Waals surface area contributed by atoms with Gasteiger partial charge in [0.05, 0.1) is 6.04 Å². The Labute approximate surface area is 450 Å². The van der Waals surface area contributed by atoms with Crippen LogP contribution in [-0.4, -0.2) is 148 Å². The van der Waals surface area contributed by atoms with E-state index in [2.05, 4.69) is 52.5 Å². The van der Waals surface area contributed by atoms with Gasteiger partial charge in [-0.15, -0.1) is 0 Å². The predicted molar refractivity (Wildman–Crippen MR) is 286 cm³/mol. The number of rotatable bonds is 26. The normalized spacial score (nSPS) is 22.5. The summed E-state index contributed by atoms with van der Waals surface area (Å²) >= 11 is 0. The van der Waals surface area contributed by atoms with Gasteiger partial charge in [-0.3, -0.25) is 57.9 Å². The first kappa shape index (κ1) is 67.7. The van der Waals surface area contributed by atoms with Crippen LogP contribution in [0, 0.1) is 11.8 Å². The van der Waals surface area contributed by atoms with Crippen LogP contribution in [0.1, 0.15) is 151 Å². The number of carbonyl (C=O) groups excluding carboxylic acids is 9. The van der Waals surface area contributed by atoms with E-state index >= 15 is 0 Å². The number of carboxylic acid groups (broad SMARTS) is 2. The van der Waals surface area contributed by atoms with Crippen molar-refractivity contribution >= 4 is 77.4 Å². The maximum atomic E-state index is 14.7. The van der Waals surface area contributed by atoms with Gasteiger partial charge in [0.1, 0.15) is 47.6 Å². The van der Waals surface area contributed by atoms with Crippen LogP contribution in [0.25, 0.3) is 0 Å². The van der Waals surface area contributed by atoms with E-state index in [0.29, 0.717) is 38.4 Å².